The number of ether oxygens (including phenoxy) is 1. The summed E-state index contributed by atoms with van der Waals surface area (Å²) in [7, 11) is 0. The average molecular weight is 326 g/mol. The van der Waals surface area contributed by atoms with Gasteiger partial charge in [0, 0.05) is 32.2 Å². The molecule has 2 rings (SSSR count). The van der Waals surface area contributed by atoms with Gasteiger partial charge >= 0.3 is 6.61 Å². The van der Waals surface area contributed by atoms with Gasteiger partial charge in [-0.3, -0.25) is 4.99 Å². The van der Waals surface area contributed by atoms with E-state index in [2.05, 4.69) is 25.3 Å². The molecule has 1 aromatic carbocycles. The fraction of sp³-hybridized carbons (Fsp3) is 0.562. The number of rotatable bonds is 6. The van der Waals surface area contributed by atoms with Gasteiger partial charge in [-0.15, -0.1) is 0 Å². The van der Waals surface area contributed by atoms with Crippen LogP contribution in [0.2, 0.25) is 0 Å². The Balaban J connectivity index is 2.01. The van der Waals surface area contributed by atoms with Gasteiger partial charge in [-0.2, -0.15) is 8.78 Å². The van der Waals surface area contributed by atoms with Crippen LogP contribution < -0.4 is 20.3 Å². The number of halogens is 2. The molecule has 1 atom stereocenters. The van der Waals surface area contributed by atoms with Gasteiger partial charge in [-0.25, -0.2) is 0 Å². The molecule has 128 valence electrons. The van der Waals surface area contributed by atoms with E-state index in [1.165, 1.54) is 0 Å². The number of guanidine groups is 1. The molecule has 1 aromatic rings. The van der Waals surface area contributed by atoms with Crippen molar-refractivity contribution in [3.8, 4) is 5.75 Å². The van der Waals surface area contributed by atoms with Gasteiger partial charge in [-0.05, 0) is 32.4 Å². The van der Waals surface area contributed by atoms with Gasteiger partial charge in [0.1, 0.15) is 5.75 Å². The normalized spacial score (nSPS) is 18.4. The summed E-state index contributed by atoms with van der Waals surface area (Å²) in [5.74, 6) is 1.01. The second-order valence-electron chi connectivity index (χ2n) is 5.28. The third-order valence-electron chi connectivity index (χ3n) is 3.61. The minimum absolute atomic E-state index is 0.220. The van der Waals surface area contributed by atoms with Gasteiger partial charge in [-0.1, -0.05) is 12.1 Å². The Morgan fingerprint density at radius 3 is 2.87 bits per heavy atom. The topological polar surface area (TPSA) is 48.9 Å². The molecule has 0 aliphatic carbocycles. The Labute approximate surface area is 135 Å². The number of anilines is 1. The first kappa shape index (κ1) is 17.3. The van der Waals surface area contributed by atoms with Crippen LogP contribution in [0.4, 0.5) is 14.5 Å². The number of aliphatic imine (C=N–C) groups is 1. The van der Waals surface area contributed by atoms with Gasteiger partial charge < -0.3 is 20.3 Å². The predicted octanol–water partition coefficient (Wildman–Crippen LogP) is 2.44. The molecule has 1 unspecified atom stereocenters. The zero-order valence-corrected chi connectivity index (χ0v) is 13.6. The number of nitrogens with one attached hydrogen (secondary N) is 2. The maximum atomic E-state index is 12.5. The van der Waals surface area contributed by atoms with Crippen LogP contribution in [0, 0.1) is 0 Å². The predicted molar refractivity (Wildman–Crippen MR) is 88.5 cm³/mol. The van der Waals surface area contributed by atoms with Crippen molar-refractivity contribution in [2.45, 2.75) is 32.9 Å². The summed E-state index contributed by atoms with van der Waals surface area (Å²) in [5.41, 5.74) is 0.703. The zero-order chi connectivity index (χ0) is 16.7. The summed E-state index contributed by atoms with van der Waals surface area (Å²) in [4.78, 5) is 6.44. The van der Waals surface area contributed by atoms with E-state index in [4.69, 9.17) is 0 Å². The molecule has 0 saturated carbocycles. The van der Waals surface area contributed by atoms with Crippen LogP contribution in [0.3, 0.4) is 0 Å². The molecule has 1 heterocycles. The molecule has 0 radical (unpaired) electrons. The zero-order valence-electron chi connectivity index (χ0n) is 13.6. The van der Waals surface area contributed by atoms with E-state index in [9.17, 15) is 8.78 Å². The maximum absolute atomic E-state index is 12.5. The SMILES string of the molecule is CCN=C(NCC)NC1CCN(c2ccccc2OC(F)F)C1. The molecule has 1 saturated heterocycles. The van der Waals surface area contributed by atoms with Crippen LogP contribution in [0.1, 0.15) is 20.3 Å². The number of nitrogens with zero attached hydrogens (tertiary/aromatic N) is 2. The van der Waals surface area contributed by atoms with Crippen LogP contribution in [0.15, 0.2) is 29.3 Å². The highest BCUT2D eigenvalue weighted by molar-refractivity contribution is 5.80. The van der Waals surface area contributed by atoms with E-state index < -0.39 is 6.61 Å². The van der Waals surface area contributed by atoms with E-state index in [0.29, 0.717) is 12.2 Å². The Hall–Kier alpha value is -2.05. The summed E-state index contributed by atoms with van der Waals surface area (Å²) in [6.45, 7) is 4.20. The second-order valence-corrected chi connectivity index (χ2v) is 5.28. The first-order chi connectivity index (χ1) is 11.1. The molecule has 1 aliphatic heterocycles. The van der Waals surface area contributed by atoms with Crippen LogP contribution in [-0.4, -0.2) is 44.8 Å². The molecule has 0 amide bonds. The van der Waals surface area contributed by atoms with Crippen molar-refractivity contribution in [2.75, 3.05) is 31.1 Å². The van der Waals surface area contributed by atoms with E-state index in [1.54, 1.807) is 12.1 Å². The number of hydrogen-bond acceptors (Lipinski definition) is 3. The number of para-hydroxylation sites is 2. The van der Waals surface area contributed by atoms with Gasteiger partial charge in [0.15, 0.2) is 5.96 Å². The van der Waals surface area contributed by atoms with Crippen molar-refractivity contribution < 1.29 is 13.5 Å². The van der Waals surface area contributed by atoms with Crippen molar-refractivity contribution >= 4 is 11.6 Å². The first-order valence-electron chi connectivity index (χ1n) is 7.97. The van der Waals surface area contributed by atoms with Crippen molar-refractivity contribution in [1.82, 2.24) is 10.6 Å². The molecule has 1 fully saturated rings. The molecular formula is C16H24F2N4O. The Kier molecular flexibility index (Phi) is 6.43. The van der Waals surface area contributed by atoms with E-state index in [0.717, 1.165) is 32.0 Å². The van der Waals surface area contributed by atoms with Crippen LogP contribution >= 0.6 is 0 Å². The molecule has 0 spiro atoms. The molecule has 0 bridgehead atoms. The van der Waals surface area contributed by atoms with Gasteiger partial charge in [0.2, 0.25) is 0 Å². The van der Waals surface area contributed by atoms with E-state index >= 15 is 0 Å². The van der Waals surface area contributed by atoms with Crippen molar-refractivity contribution in [3.05, 3.63) is 24.3 Å². The maximum Gasteiger partial charge on any atom is 0.387 e. The molecule has 5 nitrogen and oxygen atoms in total. The summed E-state index contributed by atoms with van der Waals surface area (Å²) >= 11 is 0. The summed E-state index contributed by atoms with van der Waals surface area (Å²) in [5, 5.41) is 6.59. The van der Waals surface area contributed by atoms with Crippen molar-refractivity contribution in [2.24, 2.45) is 4.99 Å². The molecule has 2 N–H and O–H groups in total. The molecule has 1 aliphatic rings. The standard InChI is InChI=1S/C16H24F2N4O/c1-3-19-16(20-4-2)21-12-9-10-22(11-12)13-7-5-6-8-14(13)23-15(17)18/h5-8,12,15H,3-4,9-11H2,1-2H3,(H2,19,20,21). The number of alkyl halides is 2. The first-order valence-corrected chi connectivity index (χ1v) is 7.97. The molecule has 0 aromatic heterocycles. The highest BCUT2D eigenvalue weighted by Crippen LogP contribution is 2.31. The van der Waals surface area contributed by atoms with Gasteiger partial charge in [0.05, 0.1) is 5.69 Å². The fourth-order valence-electron chi connectivity index (χ4n) is 2.68. The highest BCUT2D eigenvalue weighted by Gasteiger charge is 2.25. The van der Waals surface area contributed by atoms with E-state index in [-0.39, 0.29) is 11.8 Å². The van der Waals surface area contributed by atoms with E-state index in [1.807, 2.05) is 26.0 Å². The minimum Gasteiger partial charge on any atom is -0.433 e. The van der Waals surface area contributed by atoms with Crippen LogP contribution in [0.5, 0.6) is 5.75 Å². The summed E-state index contributed by atoms with van der Waals surface area (Å²) < 4.78 is 29.7. The second kappa shape index (κ2) is 8.55. The largest absolute Gasteiger partial charge is 0.433 e. The molecule has 23 heavy (non-hydrogen) atoms. The lowest BCUT2D eigenvalue weighted by Gasteiger charge is -2.22. The van der Waals surface area contributed by atoms with Crippen molar-refractivity contribution in [1.29, 1.82) is 0 Å². The smallest absolute Gasteiger partial charge is 0.387 e. The summed E-state index contributed by atoms with van der Waals surface area (Å²) in [6.07, 6.45) is 0.914. The van der Waals surface area contributed by atoms with Crippen LogP contribution in [0.25, 0.3) is 0 Å². The third-order valence-corrected chi connectivity index (χ3v) is 3.61. The monoisotopic (exact) mass is 326 g/mol. The molecule has 7 heteroatoms. The minimum atomic E-state index is -2.82. The highest BCUT2D eigenvalue weighted by atomic mass is 19.3. The quantitative estimate of drug-likeness (QED) is 0.623. The van der Waals surface area contributed by atoms with Crippen molar-refractivity contribution in [3.63, 3.8) is 0 Å². The lowest BCUT2D eigenvalue weighted by Crippen LogP contribution is -2.44. The van der Waals surface area contributed by atoms with Crippen LogP contribution in [-0.2, 0) is 0 Å². The van der Waals surface area contributed by atoms with Gasteiger partial charge in [0.25, 0.3) is 0 Å². The Morgan fingerprint density at radius 2 is 2.17 bits per heavy atom. The molecular weight excluding hydrogens is 302 g/mol. The lowest BCUT2D eigenvalue weighted by atomic mass is 10.2. The average Bonchev–Trinajstić information content (AvgIpc) is 2.96. The number of hydrogen-bond donors (Lipinski definition) is 2. The third kappa shape index (κ3) is 4.97. The summed E-state index contributed by atoms with van der Waals surface area (Å²) in [6, 6.07) is 7.14. The number of benzene rings is 1. The Bertz CT molecular complexity index is 525. The fourth-order valence-corrected chi connectivity index (χ4v) is 2.68. The lowest BCUT2D eigenvalue weighted by molar-refractivity contribution is -0.0495. The Morgan fingerprint density at radius 1 is 1.39 bits per heavy atom.